The molecule has 4 aromatic rings. The van der Waals surface area contributed by atoms with Gasteiger partial charge in [0.15, 0.2) is 0 Å². The van der Waals surface area contributed by atoms with Crippen LogP contribution in [0.15, 0.2) is 51.0 Å². The fourth-order valence-corrected chi connectivity index (χ4v) is 5.57. The summed E-state index contributed by atoms with van der Waals surface area (Å²) < 4.78 is 7.17. The van der Waals surface area contributed by atoms with Crippen LogP contribution in [0.4, 0.5) is 4.79 Å². The zero-order chi connectivity index (χ0) is 21.8. The number of methoxy groups -OCH3 is 1. The van der Waals surface area contributed by atoms with Crippen LogP contribution in [0.3, 0.4) is 0 Å². The third kappa shape index (κ3) is 3.30. The summed E-state index contributed by atoms with van der Waals surface area (Å²) in [6.07, 6.45) is 0.935. The van der Waals surface area contributed by atoms with E-state index in [2.05, 4.69) is 38.4 Å². The maximum atomic E-state index is 12.5. The van der Waals surface area contributed by atoms with E-state index in [1.54, 1.807) is 7.11 Å². The number of halogens is 1. The van der Waals surface area contributed by atoms with E-state index < -0.39 is 6.09 Å². The molecule has 158 valence electrons. The first-order chi connectivity index (χ1) is 14.9. The molecular formula is C23H19BrN2O4S. The Kier molecular flexibility index (Phi) is 4.79. The van der Waals surface area contributed by atoms with Gasteiger partial charge >= 0.3 is 6.09 Å². The molecule has 6 nitrogen and oxygen atoms in total. The Morgan fingerprint density at radius 1 is 1.29 bits per heavy atom. The molecule has 0 atom stereocenters. The van der Waals surface area contributed by atoms with E-state index in [-0.39, 0.29) is 11.0 Å². The van der Waals surface area contributed by atoms with Crippen molar-refractivity contribution in [3.05, 3.63) is 62.2 Å². The van der Waals surface area contributed by atoms with Gasteiger partial charge in [-0.25, -0.2) is 4.79 Å². The monoisotopic (exact) mass is 498 g/mol. The van der Waals surface area contributed by atoms with Crippen LogP contribution < -0.4 is 15.6 Å². The Balaban J connectivity index is 1.68. The first kappa shape index (κ1) is 20.1. The molecule has 1 aliphatic rings. The third-order valence-electron chi connectivity index (χ3n) is 6.06. The van der Waals surface area contributed by atoms with Crippen molar-refractivity contribution in [3.63, 3.8) is 0 Å². The van der Waals surface area contributed by atoms with Gasteiger partial charge in [-0.15, -0.1) is 11.3 Å². The van der Waals surface area contributed by atoms with Crippen LogP contribution in [-0.4, -0.2) is 29.8 Å². The standard InChI is InChI=1S/C23H19BrN2O4S/c1-30-16-10-15(24)19-18(14-6-9-31-20(14)21(27)26-19)17(16)12-2-4-13(5-3-12)23(7-8-23)11-25-22(28)29/h2-6,9-10,25H,7-8,11H2,1H3,(H,26,27)(H,28,29). The number of benzene rings is 2. The molecule has 31 heavy (non-hydrogen) atoms. The summed E-state index contributed by atoms with van der Waals surface area (Å²) in [7, 11) is 1.64. The van der Waals surface area contributed by atoms with Gasteiger partial charge in [-0.1, -0.05) is 24.3 Å². The number of H-pyrrole nitrogens is 1. The number of nitrogens with one attached hydrogen (secondary N) is 2. The molecule has 3 N–H and O–H groups in total. The topological polar surface area (TPSA) is 91.4 Å². The SMILES string of the molecule is COc1cc(Br)c2[nH]c(=O)c3sccc3c2c1-c1ccc(C2(CNC(=O)O)CC2)cc1. The van der Waals surface area contributed by atoms with E-state index in [1.807, 2.05) is 29.6 Å². The zero-order valence-corrected chi connectivity index (χ0v) is 19.0. The largest absolute Gasteiger partial charge is 0.496 e. The summed E-state index contributed by atoms with van der Waals surface area (Å²) in [4.78, 5) is 26.5. The van der Waals surface area contributed by atoms with Crippen molar-refractivity contribution < 1.29 is 14.6 Å². The van der Waals surface area contributed by atoms with Crippen LogP contribution in [-0.2, 0) is 5.41 Å². The molecule has 0 saturated heterocycles. The molecule has 1 fully saturated rings. The molecule has 0 aliphatic heterocycles. The molecule has 1 aliphatic carbocycles. The van der Waals surface area contributed by atoms with Gasteiger partial charge in [-0.3, -0.25) is 4.79 Å². The minimum Gasteiger partial charge on any atom is -0.496 e. The van der Waals surface area contributed by atoms with Gasteiger partial charge < -0.3 is 20.1 Å². The van der Waals surface area contributed by atoms with Crippen LogP contribution in [0.1, 0.15) is 18.4 Å². The maximum absolute atomic E-state index is 12.5. The number of thiophene rings is 1. The first-order valence-corrected chi connectivity index (χ1v) is 11.5. The number of rotatable bonds is 5. The van der Waals surface area contributed by atoms with Crippen molar-refractivity contribution >= 4 is 54.3 Å². The van der Waals surface area contributed by atoms with E-state index in [1.165, 1.54) is 11.3 Å². The van der Waals surface area contributed by atoms with Gasteiger partial charge in [0, 0.05) is 32.8 Å². The highest BCUT2D eigenvalue weighted by atomic mass is 79.9. The van der Waals surface area contributed by atoms with E-state index in [4.69, 9.17) is 9.84 Å². The number of carboxylic acid groups (broad SMARTS) is 1. The molecule has 1 amide bonds. The molecule has 1 saturated carbocycles. The van der Waals surface area contributed by atoms with Crippen molar-refractivity contribution in [2.75, 3.05) is 13.7 Å². The highest BCUT2D eigenvalue weighted by Gasteiger charge is 2.44. The molecule has 0 bridgehead atoms. The third-order valence-corrected chi connectivity index (χ3v) is 7.60. The summed E-state index contributed by atoms with van der Waals surface area (Å²) in [6.45, 7) is 0.420. The number of hydrogen-bond acceptors (Lipinski definition) is 4. The summed E-state index contributed by atoms with van der Waals surface area (Å²) in [5.74, 6) is 0.709. The van der Waals surface area contributed by atoms with Gasteiger partial charge in [-0.05, 0) is 57.4 Å². The number of carbonyl (C=O) groups is 1. The van der Waals surface area contributed by atoms with Crippen LogP contribution in [0.5, 0.6) is 5.75 Å². The van der Waals surface area contributed by atoms with Crippen LogP contribution in [0.25, 0.3) is 32.1 Å². The molecule has 5 rings (SSSR count). The number of fused-ring (bicyclic) bond motifs is 3. The van der Waals surface area contributed by atoms with Crippen molar-refractivity contribution in [1.82, 2.24) is 10.3 Å². The van der Waals surface area contributed by atoms with E-state index in [0.717, 1.165) is 50.3 Å². The Morgan fingerprint density at radius 2 is 2.03 bits per heavy atom. The maximum Gasteiger partial charge on any atom is 0.404 e. The van der Waals surface area contributed by atoms with Crippen LogP contribution >= 0.6 is 27.3 Å². The lowest BCUT2D eigenvalue weighted by atomic mass is 9.92. The molecular weight excluding hydrogens is 480 g/mol. The van der Waals surface area contributed by atoms with Gasteiger partial charge in [-0.2, -0.15) is 0 Å². The second kappa shape index (κ2) is 7.39. The highest BCUT2D eigenvalue weighted by Crippen LogP contribution is 2.49. The lowest BCUT2D eigenvalue weighted by Gasteiger charge is -2.18. The minimum absolute atomic E-state index is 0.105. The van der Waals surface area contributed by atoms with Crippen LogP contribution in [0, 0.1) is 0 Å². The fourth-order valence-electron chi connectivity index (χ4n) is 4.27. The molecule has 8 heteroatoms. The fraction of sp³-hybridized carbons (Fsp3) is 0.217. The molecule has 2 heterocycles. The van der Waals surface area contributed by atoms with Gasteiger partial charge in [0.05, 0.1) is 12.6 Å². The van der Waals surface area contributed by atoms with E-state index >= 15 is 0 Å². The van der Waals surface area contributed by atoms with Gasteiger partial charge in [0.2, 0.25) is 0 Å². The molecule has 0 unspecified atom stereocenters. The molecule has 2 aromatic heterocycles. The second-order valence-corrected chi connectivity index (χ2v) is 9.59. The highest BCUT2D eigenvalue weighted by molar-refractivity contribution is 9.10. The van der Waals surface area contributed by atoms with Crippen LogP contribution in [0.2, 0.25) is 0 Å². The quantitative estimate of drug-likeness (QED) is 0.339. The van der Waals surface area contributed by atoms with Crippen molar-refractivity contribution in [3.8, 4) is 16.9 Å². The Morgan fingerprint density at radius 3 is 2.68 bits per heavy atom. The number of aromatic nitrogens is 1. The predicted molar refractivity (Wildman–Crippen MR) is 127 cm³/mol. The summed E-state index contributed by atoms with van der Waals surface area (Å²) >= 11 is 5.00. The average Bonchev–Trinajstić information content (AvgIpc) is 3.39. The summed E-state index contributed by atoms with van der Waals surface area (Å²) in [5, 5.41) is 15.2. The average molecular weight is 499 g/mol. The second-order valence-electron chi connectivity index (χ2n) is 7.82. The van der Waals surface area contributed by atoms with E-state index in [0.29, 0.717) is 17.0 Å². The molecule has 2 aromatic carbocycles. The number of ether oxygens (including phenoxy) is 1. The number of amides is 1. The smallest absolute Gasteiger partial charge is 0.404 e. The summed E-state index contributed by atoms with van der Waals surface area (Å²) in [6, 6.07) is 12.1. The molecule has 0 radical (unpaired) electrons. The molecule has 0 spiro atoms. The first-order valence-electron chi connectivity index (χ1n) is 9.81. The zero-order valence-electron chi connectivity index (χ0n) is 16.6. The Labute approximate surface area is 190 Å². The van der Waals surface area contributed by atoms with E-state index in [9.17, 15) is 9.59 Å². The number of hydrogen-bond donors (Lipinski definition) is 3. The lowest BCUT2D eigenvalue weighted by molar-refractivity contribution is 0.193. The van der Waals surface area contributed by atoms with Gasteiger partial charge in [0.25, 0.3) is 5.56 Å². The Bertz CT molecular complexity index is 1390. The predicted octanol–water partition coefficient (Wildman–Crippen LogP) is 5.48. The lowest BCUT2D eigenvalue weighted by Crippen LogP contribution is -2.30. The summed E-state index contributed by atoms with van der Waals surface area (Å²) in [5.41, 5.74) is 3.53. The van der Waals surface area contributed by atoms with Gasteiger partial charge in [0.1, 0.15) is 10.4 Å². The number of aromatic amines is 1. The number of pyridine rings is 1. The van der Waals surface area contributed by atoms with Crippen molar-refractivity contribution in [2.24, 2.45) is 0 Å². The van der Waals surface area contributed by atoms with Crippen molar-refractivity contribution in [2.45, 2.75) is 18.3 Å². The minimum atomic E-state index is -0.997. The van der Waals surface area contributed by atoms with Crippen molar-refractivity contribution in [1.29, 1.82) is 0 Å². The normalized spacial score (nSPS) is 14.6. The Hall–Kier alpha value is -2.84.